The number of nitrogens with one attached hydrogen (secondary N) is 1. The summed E-state index contributed by atoms with van der Waals surface area (Å²) in [5, 5.41) is 32.5. The zero-order valence-corrected chi connectivity index (χ0v) is 25.3. The first kappa shape index (κ1) is 33.5. The monoisotopic (exact) mass is 596 g/mol. The van der Waals surface area contributed by atoms with Gasteiger partial charge >= 0.3 is 11.9 Å². The quantitative estimate of drug-likeness (QED) is 0.201. The van der Waals surface area contributed by atoms with Crippen LogP contribution in [0.1, 0.15) is 76.1 Å². The van der Waals surface area contributed by atoms with Crippen molar-refractivity contribution in [1.82, 2.24) is 9.88 Å². The fourth-order valence-electron chi connectivity index (χ4n) is 5.12. The van der Waals surface area contributed by atoms with Crippen molar-refractivity contribution in [2.24, 2.45) is 0 Å². The van der Waals surface area contributed by atoms with Crippen molar-refractivity contribution in [3.05, 3.63) is 71.8 Å². The van der Waals surface area contributed by atoms with Crippen molar-refractivity contribution < 1.29 is 38.8 Å². The molecule has 2 aromatic carbocycles. The van der Waals surface area contributed by atoms with E-state index in [1.165, 1.54) is 12.1 Å². The summed E-state index contributed by atoms with van der Waals surface area (Å²) in [6, 6.07) is 14.9. The largest absolute Gasteiger partial charge is 0.481 e. The zero-order valence-electron chi connectivity index (χ0n) is 25.3. The van der Waals surface area contributed by atoms with Crippen molar-refractivity contribution in [2.75, 3.05) is 6.54 Å². The standard InChI is InChI=1S/C33H41FN2O7/c1-20(2)36-26(16-15-24(37)17-25(38)18-27(39)40)29(22-11-13-23(34)14-12-22)30(21-9-7-6-8-10-21)31(36)32(42)35-19-28(41)43-33(3,4)5/h6-14,20,24-25,37-38H,15-19H2,1-5H3,(H,35,42)(H,39,40)/t24-,25-/m1/s1. The lowest BCUT2D eigenvalue weighted by molar-refractivity contribution is -0.153. The summed E-state index contributed by atoms with van der Waals surface area (Å²) in [5.74, 6) is -2.69. The van der Waals surface area contributed by atoms with Crippen LogP contribution in [0.3, 0.4) is 0 Å². The maximum atomic E-state index is 14.0. The van der Waals surface area contributed by atoms with Crippen molar-refractivity contribution in [1.29, 1.82) is 0 Å². The number of carboxylic acids is 1. The minimum Gasteiger partial charge on any atom is -0.481 e. The molecular weight excluding hydrogens is 555 g/mol. The molecule has 0 saturated carbocycles. The summed E-state index contributed by atoms with van der Waals surface area (Å²) >= 11 is 0. The second-order valence-corrected chi connectivity index (χ2v) is 11.8. The number of aliphatic hydroxyl groups excluding tert-OH is 2. The average Bonchev–Trinajstić information content (AvgIpc) is 3.25. The third-order valence-electron chi connectivity index (χ3n) is 6.72. The molecule has 0 radical (unpaired) electrons. The number of halogens is 1. The van der Waals surface area contributed by atoms with Crippen LogP contribution in [0, 0.1) is 5.82 Å². The summed E-state index contributed by atoms with van der Waals surface area (Å²) < 4.78 is 21.2. The molecule has 4 N–H and O–H groups in total. The van der Waals surface area contributed by atoms with Crippen LogP contribution in [0.15, 0.2) is 54.6 Å². The molecule has 0 saturated heterocycles. The third-order valence-corrected chi connectivity index (χ3v) is 6.72. The molecule has 0 spiro atoms. The molecule has 232 valence electrons. The number of rotatable bonds is 13. The van der Waals surface area contributed by atoms with Gasteiger partial charge in [-0.05, 0) is 77.1 Å². The van der Waals surface area contributed by atoms with E-state index in [0.717, 1.165) is 5.56 Å². The van der Waals surface area contributed by atoms with Gasteiger partial charge in [0, 0.05) is 22.9 Å². The first-order valence-electron chi connectivity index (χ1n) is 14.3. The maximum Gasteiger partial charge on any atom is 0.325 e. The van der Waals surface area contributed by atoms with Crippen molar-refractivity contribution in [3.63, 3.8) is 0 Å². The van der Waals surface area contributed by atoms with Gasteiger partial charge in [-0.1, -0.05) is 42.5 Å². The van der Waals surface area contributed by atoms with Crippen LogP contribution in [0.4, 0.5) is 4.39 Å². The molecule has 1 aromatic heterocycles. The number of nitrogens with zero attached hydrogens (tertiary/aromatic N) is 1. The first-order chi connectivity index (χ1) is 20.2. The Morgan fingerprint density at radius 2 is 1.53 bits per heavy atom. The van der Waals surface area contributed by atoms with Gasteiger partial charge in [-0.15, -0.1) is 0 Å². The van der Waals surface area contributed by atoms with E-state index in [-0.39, 0.29) is 31.8 Å². The fraction of sp³-hybridized carbons (Fsp3) is 0.424. The number of esters is 1. The Balaban J connectivity index is 2.17. The topological polar surface area (TPSA) is 138 Å². The molecule has 1 heterocycles. The number of carboxylic acid groups (broad SMARTS) is 1. The van der Waals surface area contributed by atoms with E-state index in [0.29, 0.717) is 28.1 Å². The number of aliphatic hydroxyl groups is 2. The van der Waals surface area contributed by atoms with E-state index in [1.54, 1.807) is 32.9 Å². The number of benzene rings is 2. The Labute approximate surface area is 251 Å². The molecule has 0 unspecified atom stereocenters. The Hall–Kier alpha value is -4.02. The summed E-state index contributed by atoms with van der Waals surface area (Å²) in [5.41, 5.74) is 2.88. The molecule has 43 heavy (non-hydrogen) atoms. The highest BCUT2D eigenvalue weighted by Crippen LogP contribution is 2.42. The van der Waals surface area contributed by atoms with Gasteiger partial charge in [-0.3, -0.25) is 14.4 Å². The number of amides is 1. The van der Waals surface area contributed by atoms with Crippen LogP contribution in [0.25, 0.3) is 22.3 Å². The number of hydrogen-bond acceptors (Lipinski definition) is 6. The van der Waals surface area contributed by atoms with Crippen molar-refractivity contribution in [3.8, 4) is 22.3 Å². The normalized spacial score (nSPS) is 13.0. The fourth-order valence-corrected chi connectivity index (χ4v) is 5.12. The summed E-state index contributed by atoms with van der Waals surface area (Å²) in [4.78, 5) is 37.4. The van der Waals surface area contributed by atoms with Crippen LogP contribution in [-0.2, 0) is 20.7 Å². The Kier molecular flexibility index (Phi) is 11.2. The molecule has 0 aliphatic heterocycles. The number of carbonyl (C=O) groups excluding carboxylic acids is 2. The molecule has 9 nitrogen and oxygen atoms in total. The van der Waals surface area contributed by atoms with E-state index in [9.17, 15) is 29.0 Å². The van der Waals surface area contributed by atoms with Gasteiger partial charge in [0.15, 0.2) is 0 Å². The molecule has 3 aromatic rings. The van der Waals surface area contributed by atoms with Gasteiger partial charge in [-0.25, -0.2) is 4.39 Å². The predicted octanol–water partition coefficient (Wildman–Crippen LogP) is 5.13. The van der Waals surface area contributed by atoms with E-state index in [1.807, 2.05) is 48.7 Å². The first-order valence-corrected chi connectivity index (χ1v) is 14.3. The highest BCUT2D eigenvalue weighted by atomic mass is 19.1. The van der Waals surface area contributed by atoms with Crippen LogP contribution < -0.4 is 5.32 Å². The average molecular weight is 597 g/mol. The summed E-state index contributed by atoms with van der Waals surface area (Å²) in [6.07, 6.45) is -2.43. The molecule has 3 rings (SSSR count). The Morgan fingerprint density at radius 1 is 0.930 bits per heavy atom. The van der Waals surface area contributed by atoms with Gasteiger partial charge in [0.25, 0.3) is 5.91 Å². The van der Waals surface area contributed by atoms with Crippen LogP contribution in [0.5, 0.6) is 0 Å². The predicted molar refractivity (Wildman–Crippen MR) is 161 cm³/mol. The zero-order chi connectivity index (χ0) is 31.9. The number of hydrogen-bond donors (Lipinski definition) is 4. The molecule has 0 aliphatic carbocycles. The van der Waals surface area contributed by atoms with Gasteiger partial charge in [0.1, 0.15) is 23.7 Å². The number of aliphatic carboxylic acids is 1. The van der Waals surface area contributed by atoms with E-state index < -0.39 is 47.9 Å². The highest BCUT2D eigenvalue weighted by Gasteiger charge is 2.31. The second-order valence-electron chi connectivity index (χ2n) is 11.8. The number of carbonyl (C=O) groups is 3. The van der Waals surface area contributed by atoms with Crippen LogP contribution in [-0.4, -0.2) is 62.1 Å². The highest BCUT2D eigenvalue weighted by molar-refractivity contribution is 6.06. The lowest BCUT2D eigenvalue weighted by Gasteiger charge is -2.21. The lowest BCUT2D eigenvalue weighted by Crippen LogP contribution is -2.36. The Bertz CT molecular complexity index is 1410. The summed E-state index contributed by atoms with van der Waals surface area (Å²) in [7, 11) is 0. The third kappa shape index (κ3) is 9.23. The maximum absolute atomic E-state index is 14.0. The van der Waals surface area contributed by atoms with Gasteiger partial charge < -0.3 is 29.9 Å². The minimum atomic E-state index is -1.21. The minimum absolute atomic E-state index is 0.130. The van der Waals surface area contributed by atoms with Gasteiger partial charge in [0.2, 0.25) is 0 Å². The van der Waals surface area contributed by atoms with Crippen molar-refractivity contribution >= 4 is 17.8 Å². The molecule has 1 amide bonds. The smallest absolute Gasteiger partial charge is 0.325 e. The van der Waals surface area contributed by atoms with Gasteiger partial charge in [-0.2, -0.15) is 0 Å². The number of ether oxygens (including phenoxy) is 1. The summed E-state index contributed by atoms with van der Waals surface area (Å²) in [6.45, 7) is 8.67. The lowest BCUT2D eigenvalue weighted by atomic mass is 9.92. The molecule has 10 heteroatoms. The molecule has 0 fully saturated rings. The molecule has 0 aliphatic rings. The van der Waals surface area contributed by atoms with Gasteiger partial charge in [0.05, 0.1) is 18.6 Å². The van der Waals surface area contributed by atoms with Crippen LogP contribution >= 0.6 is 0 Å². The van der Waals surface area contributed by atoms with E-state index >= 15 is 0 Å². The van der Waals surface area contributed by atoms with Crippen molar-refractivity contribution in [2.45, 2.75) is 84.2 Å². The van der Waals surface area contributed by atoms with Crippen LogP contribution in [0.2, 0.25) is 0 Å². The molecular formula is C33H41FN2O7. The second kappa shape index (κ2) is 14.4. The van der Waals surface area contributed by atoms with E-state index in [2.05, 4.69) is 5.32 Å². The van der Waals surface area contributed by atoms with E-state index in [4.69, 9.17) is 9.84 Å². The molecule has 0 bridgehead atoms. The molecule has 2 atom stereocenters. The Morgan fingerprint density at radius 3 is 2.09 bits per heavy atom. The number of aromatic nitrogens is 1. The SMILES string of the molecule is CC(C)n1c(CC[C@@H](O)C[C@@H](O)CC(=O)O)c(-c2ccc(F)cc2)c(-c2ccccc2)c1C(=O)NCC(=O)OC(C)(C)C.